The van der Waals surface area contributed by atoms with Gasteiger partial charge in [-0.15, -0.1) is 0 Å². The third kappa shape index (κ3) is 4.44. The maximum atomic E-state index is 12.2. The summed E-state index contributed by atoms with van der Waals surface area (Å²) < 4.78 is 11.6. The average molecular weight is 368 g/mol. The summed E-state index contributed by atoms with van der Waals surface area (Å²) in [4.78, 5) is 35.8. The van der Waals surface area contributed by atoms with Crippen molar-refractivity contribution >= 4 is 28.7 Å². The molecule has 1 N–H and O–H groups in total. The number of ether oxygens (including phenoxy) is 1. The van der Waals surface area contributed by atoms with Crippen molar-refractivity contribution in [3.05, 3.63) is 64.6 Å². The lowest BCUT2D eigenvalue weighted by molar-refractivity contribution is -0.116. The van der Waals surface area contributed by atoms with Crippen LogP contribution in [0.1, 0.15) is 30.1 Å². The monoisotopic (exact) mass is 368 g/mol. The molecule has 3 rings (SSSR count). The minimum atomic E-state index is -0.487. The number of nitrogens with one attached hydrogen (secondary N) is 1. The Kier molecular flexibility index (Phi) is 5.71. The topological polar surface area (TPSA) is 90.5 Å². The Morgan fingerprint density at radius 2 is 1.85 bits per heavy atom. The number of hydrogen-bond acceptors (Lipinski definition) is 5. The zero-order valence-corrected chi connectivity index (χ0v) is 14.9. The van der Waals surface area contributed by atoms with E-state index < -0.39 is 5.76 Å². The first-order chi connectivity index (χ1) is 13.1. The number of para-hydroxylation sites is 2. The molecule has 0 radical (unpaired) electrons. The molecule has 2 aromatic carbocycles. The molecule has 0 unspecified atom stereocenters. The third-order valence-electron chi connectivity index (χ3n) is 3.98. The number of esters is 1. The number of oxazole rings is 1. The maximum Gasteiger partial charge on any atom is 0.419 e. The van der Waals surface area contributed by atoms with E-state index in [1.807, 2.05) is 6.92 Å². The molecule has 0 saturated heterocycles. The molecule has 1 amide bonds. The van der Waals surface area contributed by atoms with Crippen LogP contribution in [0.5, 0.6) is 0 Å². The van der Waals surface area contributed by atoms with Crippen molar-refractivity contribution in [2.75, 3.05) is 11.9 Å². The fraction of sp³-hybridized carbons (Fsp3) is 0.250. The maximum absolute atomic E-state index is 12.2. The van der Waals surface area contributed by atoms with Crippen LogP contribution in [0.2, 0.25) is 0 Å². The third-order valence-corrected chi connectivity index (χ3v) is 3.98. The molecule has 3 aromatic rings. The van der Waals surface area contributed by atoms with E-state index in [1.165, 1.54) is 4.57 Å². The molecule has 0 aliphatic rings. The molecule has 27 heavy (non-hydrogen) atoms. The van der Waals surface area contributed by atoms with E-state index in [2.05, 4.69) is 5.32 Å². The van der Waals surface area contributed by atoms with Crippen LogP contribution in [-0.2, 0) is 16.1 Å². The first kappa shape index (κ1) is 18.4. The van der Waals surface area contributed by atoms with Crippen molar-refractivity contribution in [2.24, 2.45) is 0 Å². The van der Waals surface area contributed by atoms with E-state index >= 15 is 0 Å². The minimum Gasteiger partial charge on any atom is -0.462 e. The van der Waals surface area contributed by atoms with Crippen molar-refractivity contribution in [2.45, 2.75) is 26.3 Å². The van der Waals surface area contributed by atoms with Gasteiger partial charge in [0.25, 0.3) is 0 Å². The standard InChI is InChI=1S/C20H20N2O5/c1-2-13-26-19(24)14-7-9-15(10-8-14)21-18(23)11-12-22-16-5-3-4-6-17(16)27-20(22)25/h3-10H,2,11-13H2,1H3,(H,21,23). The largest absolute Gasteiger partial charge is 0.462 e. The molecule has 140 valence electrons. The van der Waals surface area contributed by atoms with E-state index in [9.17, 15) is 14.4 Å². The first-order valence-corrected chi connectivity index (χ1v) is 8.74. The molecule has 0 aliphatic heterocycles. The molecule has 1 aromatic heterocycles. The predicted molar refractivity (Wildman–Crippen MR) is 101 cm³/mol. The SMILES string of the molecule is CCCOC(=O)c1ccc(NC(=O)CCn2c(=O)oc3ccccc32)cc1. The highest BCUT2D eigenvalue weighted by atomic mass is 16.5. The van der Waals surface area contributed by atoms with Crippen LogP contribution in [0.25, 0.3) is 11.1 Å². The van der Waals surface area contributed by atoms with Gasteiger partial charge in [0, 0.05) is 18.7 Å². The molecule has 7 nitrogen and oxygen atoms in total. The molecular formula is C20H20N2O5. The number of aromatic nitrogens is 1. The quantitative estimate of drug-likeness (QED) is 0.647. The van der Waals surface area contributed by atoms with Crippen molar-refractivity contribution in [3.8, 4) is 0 Å². The van der Waals surface area contributed by atoms with Crippen molar-refractivity contribution in [1.29, 1.82) is 0 Å². The number of amides is 1. The van der Waals surface area contributed by atoms with Crippen LogP contribution in [0.4, 0.5) is 5.69 Å². The van der Waals surface area contributed by atoms with E-state index in [-0.39, 0.29) is 24.8 Å². The van der Waals surface area contributed by atoms with Gasteiger partial charge in [0.1, 0.15) is 0 Å². The number of fused-ring (bicyclic) bond motifs is 1. The summed E-state index contributed by atoms with van der Waals surface area (Å²) in [5, 5.41) is 2.74. The van der Waals surface area contributed by atoms with Crippen molar-refractivity contribution in [3.63, 3.8) is 0 Å². The second kappa shape index (κ2) is 8.35. The fourth-order valence-corrected chi connectivity index (χ4v) is 2.63. The van der Waals surface area contributed by atoms with Gasteiger partial charge in [-0.1, -0.05) is 19.1 Å². The Labute approximate surface area is 155 Å². The number of carbonyl (C=O) groups excluding carboxylic acids is 2. The van der Waals surface area contributed by atoms with Crippen LogP contribution in [0.3, 0.4) is 0 Å². The average Bonchev–Trinajstić information content (AvgIpc) is 3.00. The summed E-state index contributed by atoms with van der Waals surface area (Å²) in [6, 6.07) is 13.5. The second-order valence-corrected chi connectivity index (χ2v) is 6.00. The zero-order chi connectivity index (χ0) is 19.2. The second-order valence-electron chi connectivity index (χ2n) is 6.00. The minimum absolute atomic E-state index is 0.115. The lowest BCUT2D eigenvalue weighted by Crippen LogP contribution is -2.19. The molecule has 0 aliphatic carbocycles. The normalized spacial score (nSPS) is 10.7. The summed E-state index contributed by atoms with van der Waals surface area (Å²) in [7, 11) is 0. The molecule has 7 heteroatoms. The number of carbonyl (C=O) groups is 2. The predicted octanol–water partition coefficient (Wildman–Crippen LogP) is 3.19. The van der Waals surface area contributed by atoms with Gasteiger partial charge < -0.3 is 14.5 Å². The molecular weight excluding hydrogens is 348 g/mol. The van der Waals surface area contributed by atoms with Crippen LogP contribution in [0, 0.1) is 0 Å². The van der Waals surface area contributed by atoms with Gasteiger partial charge in [-0.3, -0.25) is 9.36 Å². The smallest absolute Gasteiger partial charge is 0.419 e. The number of hydrogen-bond donors (Lipinski definition) is 1. The molecule has 0 bridgehead atoms. The van der Waals surface area contributed by atoms with E-state index in [0.29, 0.717) is 29.0 Å². The van der Waals surface area contributed by atoms with E-state index in [4.69, 9.17) is 9.15 Å². The van der Waals surface area contributed by atoms with Gasteiger partial charge in [-0.05, 0) is 42.8 Å². The lowest BCUT2D eigenvalue weighted by Gasteiger charge is -2.07. The summed E-state index contributed by atoms with van der Waals surface area (Å²) in [5.41, 5.74) is 2.15. The Hall–Kier alpha value is -3.35. The summed E-state index contributed by atoms with van der Waals surface area (Å²) in [5.74, 6) is -1.12. The Bertz CT molecular complexity index is 1000. The number of nitrogens with zero attached hydrogens (tertiary/aromatic N) is 1. The van der Waals surface area contributed by atoms with Crippen LogP contribution in [-0.4, -0.2) is 23.1 Å². The van der Waals surface area contributed by atoms with Crippen molar-refractivity contribution in [1.82, 2.24) is 4.57 Å². The highest BCUT2D eigenvalue weighted by Crippen LogP contribution is 2.13. The van der Waals surface area contributed by atoms with Gasteiger partial charge in [0.2, 0.25) is 5.91 Å². The lowest BCUT2D eigenvalue weighted by atomic mass is 10.2. The summed E-state index contributed by atoms with van der Waals surface area (Å²) in [6.07, 6.45) is 0.874. The van der Waals surface area contributed by atoms with Crippen LogP contribution >= 0.6 is 0 Å². The Morgan fingerprint density at radius 1 is 1.11 bits per heavy atom. The Balaban J connectivity index is 1.58. The zero-order valence-electron chi connectivity index (χ0n) is 14.9. The highest BCUT2D eigenvalue weighted by molar-refractivity contribution is 5.93. The van der Waals surface area contributed by atoms with Gasteiger partial charge in [-0.25, -0.2) is 9.59 Å². The van der Waals surface area contributed by atoms with E-state index in [1.54, 1.807) is 48.5 Å². The van der Waals surface area contributed by atoms with Gasteiger partial charge in [0.15, 0.2) is 5.58 Å². The van der Waals surface area contributed by atoms with Crippen LogP contribution < -0.4 is 11.1 Å². The number of rotatable bonds is 7. The number of benzene rings is 2. The van der Waals surface area contributed by atoms with Gasteiger partial charge in [0.05, 0.1) is 17.7 Å². The van der Waals surface area contributed by atoms with Gasteiger partial charge >= 0.3 is 11.7 Å². The molecule has 0 atom stereocenters. The molecule has 0 spiro atoms. The van der Waals surface area contributed by atoms with Gasteiger partial charge in [-0.2, -0.15) is 0 Å². The molecule has 1 heterocycles. The summed E-state index contributed by atoms with van der Waals surface area (Å²) in [6.45, 7) is 2.51. The molecule has 0 fully saturated rings. The first-order valence-electron chi connectivity index (χ1n) is 8.74. The molecule has 0 saturated carbocycles. The number of aryl methyl sites for hydroxylation is 1. The highest BCUT2D eigenvalue weighted by Gasteiger charge is 2.11. The van der Waals surface area contributed by atoms with E-state index in [0.717, 1.165) is 6.42 Å². The number of anilines is 1. The fourth-order valence-electron chi connectivity index (χ4n) is 2.63. The van der Waals surface area contributed by atoms with Crippen LogP contribution in [0.15, 0.2) is 57.7 Å². The van der Waals surface area contributed by atoms with Crippen molar-refractivity contribution < 1.29 is 18.7 Å². The Morgan fingerprint density at radius 3 is 2.59 bits per heavy atom. The summed E-state index contributed by atoms with van der Waals surface area (Å²) >= 11 is 0.